The van der Waals surface area contributed by atoms with Crippen molar-refractivity contribution in [2.75, 3.05) is 13.2 Å². The lowest BCUT2D eigenvalue weighted by molar-refractivity contribution is -0.159. The molecule has 0 rings (SSSR count). The van der Waals surface area contributed by atoms with Gasteiger partial charge < -0.3 is 24.8 Å². The van der Waals surface area contributed by atoms with Crippen molar-refractivity contribution in [2.45, 2.75) is 103 Å². The van der Waals surface area contributed by atoms with E-state index in [-0.39, 0.29) is 13.0 Å². The van der Waals surface area contributed by atoms with Crippen LogP contribution in [0.3, 0.4) is 0 Å². The molecule has 0 radical (unpaired) electrons. The van der Waals surface area contributed by atoms with E-state index in [1.807, 2.05) is 0 Å². The van der Waals surface area contributed by atoms with Crippen molar-refractivity contribution in [3.8, 4) is 0 Å². The Kier molecular flexibility index (Phi) is 17.3. The highest BCUT2D eigenvalue weighted by molar-refractivity contribution is 5.80. The van der Waals surface area contributed by atoms with Gasteiger partial charge in [-0.05, 0) is 6.42 Å². The molecule has 0 saturated heterocycles. The summed E-state index contributed by atoms with van der Waals surface area (Å²) in [5, 5.41) is 27.1. The van der Waals surface area contributed by atoms with E-state index in [0.29, 0.717) is 0 Å². The first kappa shape index (κ1) is 27.3. The SMILES string of the molecule is CCCCCCCCCCCCCC(=O)OCC(O)COC(=O)C[C@H](O)C(=O)O. The summed E-state index contributed by atoms with van der Waals surface area (Å²) in [5.41, 5.74) is 0. The second kappa shape index (κ2) is 18.4. The van der Waals surface area contributed by atoms with Crippen molar-refractivity contribution >= 4 is 17.9 Å². The van der Waals surface area contributed by atoms with Crippen molar-refractivity contribution in [2.24, 2.45) is 0 Å². The molecule has 1 unspecified atom stereocenters. The zero-order chi connectivity index (χ0) is 21.9. The monoisotopic (exact) mass is 418 g/mol. The van der Waals surface area contributed by atoms with Gasteiger partial charge in [0, 0.05) is 6.42 Å². The van der Waals surface area contributed by atoms with Crippen LogP contribution in [0.5, 0.6) is 0 Å². The van der Waals surface area contributed by atoms with Crippen LogP contribution >= 0.6 is 0 Å². The maximum Gasteiger partial charge on any atom is 0.333 e. The van der Waals surface area contributed by atoms with Crippen LogP contribution in [-0.2, 0) is 23.9 Å². The third-order valence-electron chi connectivity index (χ3n) is 4.50. The molecule has 0 aromatic rings. The van der Waals surface area contributed by atoms with Gasteiger partial charge in [0.2, 0.25) is 0 Å². The topological polar surface area (TPSA) is 130 Å². The van der Waals surface area contributed by atoms with E-state index in [4.69, 9.17) is 14.9 Å². The summed E-state index contributed by atoms with van der Waals surface area (Å²) < 4.78 is 9.55. The molecule has 8 heteroatoms. The molecule has 0 aromatic carbocycles. The Hall–Kier alpha value is -1.67. The largest absolute Gasteiger partial charge is 0.479 e. The molecule has 0 heterocycles. The molecule has 0 saturated carbocycles. The zero-order valence-corrected chi connectivity index (χ0v) is 17.6. The number of hydrogen-bond acceptors (Lipinski definition) is 7. The Morgan fingerprint density at radius 2 is 1.17 bits per heavy atom. The molecular formula is C21H38O8. The van der Waals surface area contributed by atoms with Crippen LogP contribution in [0.2, 0.25) is 0 Å². The average molecular weight is 419 g/mol. The van der Waals surface area contributed by atoms with E-state index >= 15 is 0 Å². The van der Waals surface area contributed by atoms with E-state index in [1.165, 1.54) is 51.4 Å². The van der Waals surface area contributed by atoms with Crippen molar-refractivity contribution in [3.63, 3.8) is 0 Å². The minimum atomic E-state index is -1.84. The van der Waals surface area contributed by atoms with E-state index in [2.05, 4.69) is 11.7 Å². The second-order valence-electron chi connectivity index (χ2n) is 7.36. The van der Waals surface area contributed by atoms with Crippen LogP contribution in [0.25, 0.3) is 0 Å². The van der Waals surface area contributed by atoms with Crippen LogP contribution in [0.1, 0.15) is 90.4 Å². The zero-order valence-electron chi connectivity index (χ0n) is 17.6. The first-order chi connectivity index (χ1) is 13.9. The molecule has 0 amide bonds. The molecule has 0 bridgehead atoms. The lowest BCUT2D eigenvalue weighted by Crippen LogP contribution is -2.28. The minimum absolute atomic E-state index is 0.286. The molecule has 0 aliphatic carbocycles. The predicted octanol–water partition coefficient (Wildman–Crippen LogP) is 2.97. The van der Waals surface area contributed by atoms with Crippen LogP contribution in [-0.4, -0.2) is 58.6 Å². The van der Waals surface area contributed by atoms with Crippen molar-refractivity contribution < 1.29 is 39.2 Å². The first-order valence-electron chi connectivity index (χ1n) is 10.8. The van der Waals surface area contributed by atoms with Crippen molar-refractivity contribution in [1.82, 2.24) is 0 Å². The van der Waals surface area contributed by atoms with Gasteiger partial charge >= 0.3 is 17.9 Å². The number of aliphatic hydroxyl groups is 2. The molecular weight excluding hydrogens is 380 g/mol. The van der Waals surface area contributed by atoms with Gasteiger partial charge in [0.1, 0.15) is 19.3 Å². The van der Waals surface area contributed by atoms with Gasteiger partial charge in [0.05, 0.1) is 6.42 Å². The number of esters is 2. The van der Waals surface area contributed by atoms with Gasteiger partial charge in [-0.2, -0.15) is 0 Å². The molecule has 29 heavy (non-hydrogen) atoms. The second-order valence-corrected chi connectivity index (χ2v) is 7.36. The number of carboxylic acid groups (broad SMARTS) is 1. The number of rotatable bonds is 19. The van der Waals surface area contributed by atoms with E-state index < -0.39 is 43.1 Å². The van der Waals surface area contributed by atoms with Gasteiger partial charge in [-0.25, -0.2) is 4.79 Å². The molecule has 3 N–H and O–H groups in total. The van der Waals surface area contributed by atoms with Gasteiger partial charge in [-0.3, -0.25) is 9.59 Å². The summed E-state index contributed by atoms with van der Waals surface area (Å²) in [6.45, 7) is 1.48. The highest BCUT2D eigenvalue weighted by atomic mass is 16.6. The van der Waals surface area contributed by atoms with E-state index in [1.54, 1.807) is 0 Å². The Balaban J connectivity index is 3.52. The molecule has 0 aliphatic rings. The first-order valence-corrected chi connectivity index (χ1v) is 10.8. The average Bonchev–Trinajstić information content (AvgIpc) is 2.68. The van der Waals surface area contributed by atoms with Crippen molar-refractivity contribution in [3.05, 3.63) is 0 Å². The van der Waals surface area contributed by atoms with E-state index in [9.17, 15) is 19.5 Å². The third kappa shape index (κ3) is 18.1. The summed E-state index contributed by atoms with van der Waals surface area (Å²) in [7, 11) is 0. The minimum Gasteiger partial charge on any atom is -0.479 e. The maximum absolute atomic E-state index is 11.6. The van der Waals surface area contributed by atoms with E-state index in [0.717, 1.165) is 19.3 Å². The molecule has 8 nitrogen and oxygen atoms in total. The van der Waals surface area contributed by atoms with Crippen LogP contribution in [0, 0.1) is 0 Å². The van der Waals surface area contributed by atoms with Crippen LogP contribution < -0.4 is 0 Å². The highest BCUT2D eigenvalue weighted by Crippen LogP contribution is 2.12. The quantitative estimate of drug-likeness (QED) is 0.216. The molecule has 170 valence electrons. The normalized spacial score (nSPS) is 12.9. The van der Waals surface area contributed by atoms with Gasteiger partial charge in [-0.1, -0.05) is 71.1 Å². The van der Waals surface area contributed by atoms with Crippen LogP contribution in [0.15, 0.2) is 0 Å². The van der Waals surface area contributed by atoms with Crippen molar-refractivity contribution in [1.29, 1.82) is 0 Å². The lowest BCUT2D eigenvalue weighted by atomic mass is 10.1. The molecule has 0 fully saturated rings. The Morgan fingerprint density at radius 1 is 0.724 bits per heavy atom. The maximum atomic E-state index is 11.6. The molecule has 0 aromatic heterocycles. The van der Waals surface area contributed by atoms with Gasteiger partial charge in [-0.15, -0.1) is 0 Å². The summed E-state index contributed by atoms with van der Waals surface area (Å²) in [5.74, 6) is -2.89. The molecule has 0 aliphatic heterocycles. The van der Waals surface area contributed by atoms with Gasteiger partial charge in [0.15, 0.2) is 6.10 Å². The van der Waals surface area contributed by atoms with Gasteiger partial charge in [0.25, 0.3) is 0 Å². The Bertz CT molecular complexity index is 452. The number of aliphatic carboxylic acids is 1. The molecule has 0 spiro atoms. The summed E-state index contributed by atoms with van der Waals surface area (Å²) in [4.78, 5) is 33.3. The number of hydrogen-bond donors (Lipinski definition) is 3. The highest BCUT2D eigenvalue weighted by Gasteiger charge is 2.20. The number of carboxylic acids is 1. The number of aliphatic hydroxyl groups excluding tert-OH is 2. The lowest BCUT2D eigenvalue weighted by Gasteiger charge is -2.12. The smallest absolute Gasteiger partial charge is 0.333 e. The molecule has 2 atom stereocenters. The number of unbranched alkanes of at least 4 members (excludes halogenated alkanes) is 10. The fourth-order valence-corrected chi connectivity index (χ4v) is 2.74. The van der Waals surface area contributed by atoms with Crippen LogP contribution in [0.4, 0.5) is 0 Å². The standard InChI is InChI=1S/C21H38O8/c1-2-3-4-5-6-7-8-9-10-11-12-13-19(24)28-15-17(22)16-29-20(25)14-18(23)21(26)27/h17-18,22-23H,2-16H2,1H3,(H,26,27)/t17?,18-/m0/s1. The summed E-state index contributed by atoms with van der Waals surface area (Å²) in [6, 6.07) is 0. The fraction of sp³-hybridized carbons (Fsp3) is 0.857. The number of carbonyl (C=O) groups excluding carboxylic acids is 2. The fourth-order valence-electron chi connectivity index (χ4n) is 2.74. The Labute approximate surface area is 173 Å². The summed E-state index contributed by atoms with van der Waals surface area (Å²) >= 11 is 0. The summed E-state index contributed by atoms with van der Waals surface area (Å²) in [6.07, 6.45) is 9.64. The third-order valence-corrected chi connectivity index (χ3v) is 4.50. The predicted molar refractivity (Wildman–Crippen MR) is 107 cm³/mol. The Morgan fingerprint density at radius 3 is 1.66 bits per heavy atom. The number of carbonyl (C=O) groups is 3. The number of ether oxygens (including phenoxy) is 2.